The molecule has 1 aliphatic rings. The molecule has 160 valence electrons. The summed E-state index contributed by atoms with van der Waals surface area (Å²) >= 11 is 1.11. The van der Waals surface area contributed by atoms with E-state index >= 15 is 0 Å². The van der Waals surface area contributed by atoms with Crippen molar-refractivity contribution in [2.24, 2.45) is 16.0 Å². The lowest BCUT2D eigenvalue weighted by molar-refractivity contribution is -0.119. The Labute approximate surface area is 179 Å². The summed E-state index contributed by atoms with van der Waals surface area (Å²) in [5.41, 5.74) is 0.358. The van der Waals surface area contributed by atoms with Gasteiger partial charge in [0.05, 0.1) is 17.3 Å². The lowest BCUT2D eigenvalue weighted by atomic mass is 10.0. The van der Waals surface area contributed by atoms with Gasteiger partial charge in [0.1, 0.15) is 11.7 Å². The average Bonchev–Trinajstić information content (AvgIpc) is 3.32. The molecule has 0 bridgehead atoms. The zero-order valence-electron chi connectivity index (χ0n) is 16.3. The third-order valence-corrected chi connectivity index (χ3v) is 5.69. The number of para-hydroxylation sites is 1. The van der Waals surface area contributed by atoms with Crippen molar-refractivity contribution >= 4 is 44.5 Å². The van der Waals surface area contributed by atoms with Crippen LogP contribution in [0, 0.1) is 5.92 Å². The summed E-state index contributed by atoms with van der Waals surface area (Å²) in [6.07, 6.45) is -3.21. The number of aromatic nitrogens is 1. The number of methoxy groups -OCH3 is 1. The van der Waals surface area contributed by atoms with E-state index in [-0.39, 0.29) is 11.7 Å². The molecule has 1 atom stereocenters. The predicted octanol–water partition coefficient (Wildman–Crippen LogP) is 4.50. The van der Waals surface area contributed by atoms with Crippen molar-refractivity contribution in [1.82, 2.24) is 4.98 Å². The van der Waals surface area contributed by atoms with Crippen molar-refractivity contribution in [3.05, 3.63) is 54.1 Å². The topological polar surface area (TPSA) is 67.2 Å². The Kier molecular flexibility index (Phi) is 5.73. The number of ether oxygens (including phenoxy) is 1. The molecule has 31 heavy (non-hydrogen) atoms. The number of amides is 1. The molecule has 0 N–H and O–H groups in total. The van der Waals surface area contributed by atoms with Gasteiger partial charge in [0.2, 0.25) is 5.13 Å². The van der Waals surface area contributed by atoms with E-state index in [9.17, 15) is 18.0 Å². The molecule has 1 aromatic heterocycles. The molecule has 0 radical (unpaired) electrons. The molecule has 0 saturated heterocycles. The number of nitrogens with zero attached hydrogens (tertiary/aromatic N) is 4. The number of hydrogen-bond acceptors (Lipinski definition) is 6. The van der Waals surface area contributed by atoms with Gasteiger partial charge in [-0.3, -0.25) is 9.79 Å². The number of halogens is 3. The van der Waals surface area contributed by atoms with E-state index in [1.165, 1.54) is 0 Å². The number of hydrogen-bond donors (Lipinski definition) is 0. The van der Waals surface area contributed by atoms with Gasteiger partial charge >= 0.3 is 6.18 Å². The normalized spacial score (nSPS) is 17.0. The van der Waals surface area contributed by atoms with Gasteiger partial charge in [-0.25, -0.2) is 4.98 Å². The van der Waals surface area contributed by atoms with Crippen LogP contribution < -0.4 is 9.75 Å². The van der Waals surface area contributed by atoms with E-state index in [2.05, 4.69) is 15.1 Å². The van der Waals surface area contributed by atoms with Crippen molar-refractivity contribution in [3.63, 3.8) is 0 Å². The van der Waals surface area contributed by atoms with Gasteiger partial charge in [-0.2, -0.15) is 23.3 Å². The summed E-state index contributed by atoms with van der Waals surface area (Å²) in [5, 5.41) is 4.39. The molecule has 0 saturated carbocycles. The number of benzene rings is 2. The average molecular weight is 446 g/mol. The van der Waals surface area contributed by atoms with E-state index < -0.39 is 23.7 Å². The number of hydrazone groups is 1. The second-order valence-corrected chi connectivity index (χ2v) is 7.74. The van der Waals surface area contributed by atoms with Crippen LogP contribution in [-0.4, -0.2) is 42.6 Å². The van der Waals surface area contributed by atoms with Crippen molar-refractivity contribution in [3.8, 4) is 5.75 Å². The molecule has 4 rings (SSSR count). The number of carbonyl (C=O) groups is 1. The minimum Gasteiger partial charge on any atom is -0.497 e. The van der Waals surface area contributed by atoms with Crippen molar-refractivity contribution in [2.75, 3.05) is 18.7 Å². The first-order chi connectivity index (χ1) is 14.9. The summed E-state index contributed by atoms with van der Waals surface area (Å²) in [6, 6.07) is 14.4. The van der Waals surface area contributed by atoms with Crippen LogP contribution in [0.2, 0.25) is 0 Å². The highest BCUT2D eigenvalue weighted by atomic mass is 32.1. The Morgan fingerprint density at radius 2 is 1.94 bits per heavy atom. The molecular formula is C21H17F3N4O2S. The highest BCUT2D eigenvalue weighted by Crippen LogP contribution is 2.35. The van der Waals surface area contributed by atoms with Crippen LogP contribution >= 0.6 is 11.3 Å². The van der Waals surface area contributed by atoms with Crippen molar-refractivity contribution < 1.29 is 22.7 Å². The van der Waals surface area contributed by atoms with Gasteiger partial charge in [0.15, 0.2) is 5.71 Å². The first-order valence-electron chi connectivity index (χ1n) is 9.35. The van der Waals surface area contributed by atoms with Gasteiger partial charge in [-0.1, -0.05) is 35.6 Å². The van der Waals surface area contributed by atoms with E-state index in [0.717, 1.165) is 32.8 Å². The largest absolute Gasteiger partial charge is 0.497 e. The number of fused-ring (bicyclic) bond motifs is 1. The maximum atomic E-state index is 13.5. The fourth-order valence-electron chi connectivity index (χ4n) is 3.09. The first kappa shape index (κ1) is 21.0. The van der Waals surface area contributed by atoms with Crippen LogP contribution in [0.4, 0.5) is 18.3 Å². The first-order valence-corrected chi connectivity index (χ1v) is 10.2. The van der Waals surface area contributed by atoms with E-state index in [0.29, 0.717) is 17.7 Å². The summed E-state index contributed by atoms with van der Waals surface area (Å²) in [4.78, 5) is 21.1. The third-order valence-electron chi connectivity index (χ3n) is 4.67. The fraction of sp³-hybridized carbons (Fsp3) is 0.238. The number of thiazole rings is 1. The van der Waals surface area contributed by atoms with Gasteiger partial charge < -0.3 is 4.74 Å². The molecule has 1 amide bonds. The minimum absolute atomic E-state index is 0.0992. The Bertz CT molecular complexity index is 1120. The van der Waals surface area contributed by atoms with Crippen molar-refractivity contribution in [2.45, 2.75) is 12.6 Å². The van der Waals surface area contributed by atoms with Crippen LogP contribution in [0.15, 0.2) is 58.6 Å². The zero-order valence-corrected chi connectivity index (χ0v) is 17.2. The molecule has 0 spiro atoms. The quantitative estimate of drug-likeness (QED) is 0.524. The Morgan fingerprint density at radius 1 is 1.19 bits per heavy atom. The van der Waals surface area contributed by atoms with E-state index in [1.54, 1.807) is 43.5 Å². The van der Waals surface area contributed by atoms with Crippen LogP contribution in [-0.2, 0) is 11.2 Å². The Hall–Kier alpha value is -3.27. The molecular weight excluding hydrogens is 429 g/mol. The number of alkyl halides is 3. The number of aliphatic imine (C=N–C) groups is 1. The summed E-state index contributed by atoms with van der Waals surface area (Å²) < 4.78 is 46.4. The highest BCUT2D eigenvalue weighted by Gasteiger charge is 2.50. The monoisotopic (exact) mass is 446 g/mol. The molecule has 2 heterocycles. The molecule has 0 unspecified atom stereocenters. The van der Waals surface area contributed by atoms with Gasteiger partial charge in [0.25, 0.3) is 5.91 Å². The molecule has 0 fully saturated rings. The smallest absolute Gasteiger partial charge is 0.432 e. The minimum atomic E-state index is -4.76. The molecule has 0 aliphatic carbocycles. The maximum Gasteiger partial charge on any atom is 0.432 e. The second kappa shape index (κ2) is 8.46. The molecule has 10 heteroatoms. The van der Waals surface area contributed by atoms with E-state index in [1.807, 2.05) is 12.1 Å². The van der Waals surface area contributed by atoms with Crippen LogP contribution in [0.1, 0.15) is 5.56 Å². The molecule has 2 aromatic carbocycles. The second-order valence-electron chi connectivity index (χ2n) is 6.73. The van der Waals surface area contributed by atoms with E-state index in [4.69, 9.17) is 4.74 Å². The molecule has 1 aliphatic heterocycles. The Morgan fingerprint density at radius 3 is 2.61 bits per heavy atom. The Balaban J connectivity index is 1.51. The van der Waals surface area contributed by atoms with Crippen LogP contribution in [0.5, 0.6) is 5.75 Å². The lowest BCUT2D eigenvalue weighted by Crippen LogP contribution is -2.34. The zero-order chi connectivity index (χ0) is 22.0. The van der Waals surface area contributed by atoms with Crippen LogP contribution in [0.3, 0.4) is 0 Å². The summed E-state index contributed by atoms with van der Waals surface area (Å²) in [7, 11) is 1.56. The van der Waals surface area contributed by atoms with Gasteiger partial charge in [0, 0.05) is 12.8 Å². The SMILES string of the molecule is COc1ccc(CCN=C[C@@H]2C(=O)N(c3nc4ccccc4s3)N=C2C(F)(F)F)cc1. The summed E-state index contributed by atoms with van der Waals surface area (Å²) in [5.74, 6) is -1.70. The molecule has 6 nitrogen and oxygen atoms in total. The highest BCUT2D eigenvalue weighted by molar-refractivity contribution is 7.22. The predicted molar refractivity (Wildman–Crippen MR) is 114 cm³/mol. The third kappa shape index (κ3) is 4.43. The number of rotatable bonds is 6. The maximum absolute atomic E-state index is 13.5. The summed E-state index contributed by atoms with van der Waals surface area (Å²) in [6.45, 7) is 0.238. The standard InChI is InChI=1S/C21H17F3N4O2S/c1-30-14-8-6-13(7-9-14)10-11-25-12-15-18(21(22,23)24)27-28(19(15)29)20-26-16-4-2-3-5-17(16)31-20/h2-9,12,15H,10-11H2,1H3/t15-/m0/s1. The molecule has 3 aromatic rings. The van der Waals surface area contributed by atoms with Crippen molar-refractivity contribution in [1.29, 1.82) is 0 Å². The van der Waals surface area contributed by atoms with Gasteiger partial charge in [-0.05, 0) is 36.2 Å². The fourth-order valence-corrected chi connectivity index (χ4v) is 4.01. The number of anilines is 1. The lowest BCUT2D eigenvalue weighted by Gasteiger charge is -2.09. The van der Waals surface area contributed by atoms with Crippen LogP contribution in [0.25, 0.3) is 10.2 Å². The van der Waals surface area contributed by atoms with Gasteiger partial charge in [-0.15, -0.1) is 0 Å². The number of carbonyl (C=O) groups excluding carboxylic acids is 1.